The zero-order chi connectivity index (χ0) is 8.15. The molecule has 0 fully saturated rings. The fourth-order valence-corrected chi connectivity index (χ4v) is 0.410. The summed E-state index contributed by atoms with van der Waals surface area (Å²) in [5, 5.41) is 4.29. The molecule has 0 unspecified atom stereocenters. The van der Waals surface area contributed by atoms with Crippen LogP contribution in [0, 0.1) is 0 Å². The molecule has 0 atom stereocenters. The first-order chi connectivity index (χ1) is 4.52. The summed E-state index contributed by atoms with van der Waals surface area (Å²) in [7, 11) is 0. The smallest absolute Gasteiger partial charge is 0.323 e. The second-order valence-electron chi connectivity index (χ2n) is 2.12. The number of imide groups is 1. The Kier molecular flexibility index (Phi) is 3.24. The summed E-state index contributed by atoms with van der Waals surface area (Å²) < 4.78 is 0. The summed E-state index contributed by atoms with van der Waals surface area (Å²) >= 11 is 0. The van der Waals surface area contributed by atoms with Crippen LogP contribution in [-0.4, -0.2) is 18.1 Å². The number of rotatable bonds is 1. The molecule has 58 valence electrons. The topological polar surface area (TPSA) is 84.2 Å². The number of hydrogen-bond donors (Lipinski definition) is 3. The van der Waals surface area contributed by atoms with Crippen LogP contribution < -0.4 is 16.4 Å². The van der Waals surface area contributed by atoms with E-state index in [1.165, 1.54) is 0 Å². The van der Waals surface area contributed by atoms with Crippen molar-refractivity contribution in [1.29, 1.82) is 0 Å². The molecular weight excluding hydrogens is 134 g/mol. The molecule has 10 heavy (non-hydrogen) atoms. The van der Waals surface area contributed by atoms with Crippen LogP contribution in [0.5, 0.6) is 0 Å². The number of carbonyl (C=O) groups is 2. The predicted molar refractivity (Wildman–Crippen MR) is 36.4 cm³/mol. The number of primary amides is 1. The third-order valence-electron chi connectivity index (χ3n) is 0.657. The van der Waals surface area contributed by atoms with E-state index in [4.69, 9.17) is 0 Å². The van der Waals surface area contributed by atoms with Crippen LogP contribution in [0.15, 0.2) is 0 Å². The lowest BCUT2D eigenvalue weighted by Gasteiger charge is -2.06. The maximum Gasteiger partial charge on any atom is 0.323 e. The van der Waals surface area contributed by atoms with Crippen molar-refractivity contribution < 1.29 is 9.59 Å². The molecule has 4 N–H and O–H groups in total. The SMILES string of the molecule is CC(C)NC(=O)NC(N)=O. The quantitative estimate of drug-likeness (QED) is 0.476. The van der Waals surface area contributed by atoms with Crippen molar-refractivity contribution in [3.8, 4) is 0 Å². The molecule has 0 spiro atoms. The Morgan fingerprint density at radius 2 is 1.90 bits per heavy atom. The lowest BCUT2D eigenvalue weighted by atomic mass is 10.4. The minimum absolute atomic E-state index is 0.000602. The van der Waals surface area contributed by atoms with E-state index in [-0.39, 0.29) is 6.04 Å². The van der Waals surface area contributed by atoms with Gasteiger partial charge in [0.1, 0.15) is 0 Å². The Morgan fingerprint density at radius 3 is 2.20 bits per heavy atom. The van der Waals surface area contributed by atoms with Crippen LogP contribution in [0.4, 0.5) is 9.59 Å². The van der Waals surface area contributed by atoms with E-state index in [1.54, 1.807) is 13.8 Å². The van der Waals surface area contributed by atoms with E-state index >= 15 is 0 Å². The highest BCUT2D eigenvalue weighted by molar-refractivity contribution is 5.92. The van der Waals surface area contributed by atoms with Gasteiger partial charge in [0.25, 0.3) is 0 Å². The highest BCUT2D eigenvalue weighted by Crippen LogP contribution is 1.74. The van der Waals surface area contributed by atoms with Crippen molar-refractivity contribution >= 4 is 12.1 Å². The fourth-order valence-electron chi connectivity index (χ4n) is 0.410. The number of carbonyl (C=O) groups excluding carboxylic acids is 2. The molecule has 4 amide bonds. The van der Waals surface area contributed by atoms with Gasteiger partial charge in [0, 0.05) is 6.04 Å². The maximum absolute atomic E-state index is 10.5. The zero-order valence-corrected chi connectivity index (χ0v) is 5.97. The maximum atomic E-state index is 10.5. The van der Waals surface area contributed by atoms with Gasteiger partial charge in [-0.3, -0.25) is 5.32 Å². The van der Waals surface area contributed by atoms with Crippen molar-refractivity contribution in [2.24, 2.45) is 5.73 Å². The molecule has 0 aromatic rings. The van der Waals surface area contributed by atoms with E-state index in [0.29, 0.717) is 0 Å². The molecule has 0 aliphatic rings. The van der Waals surface area contributed by atoms with Crippen LogP contribution in [0.3, 0.4) is 0 Å². The molecule has 0 aromatic heterocycles. The molecule has 0 aliphatic carbocycles. The standard InChI is InChI=1S/C5H11N3O2/c1-3(2)7-5(10)8-4(6)9/h3H,1-2H3,(H4,6,7,8,9,10). The highest BCUT2D eigenvalue weighted by atomic mass is 16.2. The predicted octanol–water partition coefficient (Wildman–Crippen LogP) is -0.227. The number of hydrogen-bond acceptors (Lipinski definition) is 2. The largest absolute Gasteiger partial charge is 0.351 e. The normalized spacial score (nSPS) is 9.10. The summed E-state index contributed by atoms with van der Waals surface area (Å²) in [6.45, 7) is 3.56. The number of urea groups is 2. The van der Waals surface area contributed by atoms with Gasteiger partial charge in [0.2, 0.25) is 0 Å². The van der Waals surface area contributed by atoms with Gasteiger partial charge in [-0.15, -0.1) is 0 Å². The monoisotopic (exact) mass is 145 g/mol. The first kappa shape index (κ1) is 8.74. The van der Waals surface area contributed by atoms with E-state index in [1.807, 2.05) is 5.32 Å². The lowest BCUT2D eigenvalue weighted by Crippen LogP contribution is -2.44. The van der Waals surface area contributed by atoms with Gasteiger partial charge in [-0.1, -0.05) is 0 Å². The van der Waals surface area contributed by atoms with E-state index in [0.717, 1.165) is 0 Å². The molecular formula is C5H11N3O2. The van der Waals surface area contributed by atoms with Crippen molar-refractivity contribution in [2.75, 3.05) is 0 Å². The minimum Gasteiger partial charge on any atom is -0.351 e. The molecule has 0 radical (unpaired) electrons. The summed E-state index contributed by atoms with van der Waals surface area (Å²) in [6.07, 6.45) is 0. The van der Waals surface area contributed by atoms with Crippen LogP contribution in [0.2, 0.25) is 0 Å². The van der Waals surface area contributed by atoms with Gasteiger partial charge in [0.15, 0.2) is 0 Å². The molecule has 0 rings (SSSR count). The average Bonchev–Trinajstić information content (AvgIpc) is 1.58. The second kappa shape index (κ2) is 3.71. The van der Waals surface area contributed by atoms with E-state index in [2.05, 4.69) is 11.1 Å². The summed E-state index contributed by atoms with van der Waals surface area (Å²) in [5.74, 6) is 0. The summed E-state index contributed by atoms with van der Waals surface area (Å²) in [5.41, 5.74) is 4.66. The van der Waals surface area contributed by atoms with Crippen molar-refractivity contribution in [2.45, 2.75) is 19.9 Å². The lowest BCUT2D eigenvalue weighted by molar-refractivity contribution is 0.230. The molecule has 5 heteroatoms. The third kappa shape index (κ3) is 4.89. The molecule has 0 bridgehead atoms. The average molecular weight is 145 g/mol. The van der Waals surface area contributed by atoms with Gasteiger partial charge < -0.3 is 11.1 Å². The Labute approximate surface area is 59.0 Å². The van der Waals surface area contributed by atoms with Gasteiger partial charge in [-0.2, -0.15) is 0 Å². The molecule has 0 aromatic carbocycles. The van der Waals surface area contributed by atoms with Gasteiger partial charge >= 0.3 is 12.1 Å². The summed E-state index contributed by atoms with van der Waals surface area (Å²) in [4.78, 5) is 20.6. The molecule has 0 saturated heterocycles. The van der Waals surface area contributed by atoms with Crippen LogP contribution >= 0.6 is 0 Å². The number of nitrogens with one attached hydrogen (secondary N) is 2. The Bertz CT molecular complexity index is 144. The fraction of sp³-hybridized carbons (Fsp3) is 0.600. The minimum atomic E-state index is -0.849. The third-order valence-corrected chi connectivity index (χ3v) is 0.657. The van der Waals surface area contributed by atoms with E-state index in [9.17, 15) is 9.59 Å². The molecule has 5 nitrogen and oxygen atoms in total. The van der Waals surface area contributed by atoms with Crippen LogP contribution in [0.1, 0.15) is 13.8 Å². The number of nitrogens with two attached hydrogens (primary N) is 1. The first-order valence-electron chi connectivity index (χ1n) is 2.89. The number of amides is 4. The van der Waals surface area contributed by atoms with Gasteiger partial charge in [0.05, 0.1) is 0 Å². The Hall–Kier alpha value is -1.26. The van der Waals surface area contributed by atoms with Gasteiger partial charge in [-0.05, 0) is 13.8 Å². The van der Waals surface area contributed by atoms with Crippen molar-refractivity contribution in [3.05, 3.63) is 0 Å². The second-order valence-corrected chi connectivity index (χ2v) is 2.12. The van der Waals surface area contributed by atoms with Crippen molar-refractivity contribution in [1.82, 2.24) is 10.6 Å². The van der Waals surface area contributed by atoms with Gasteiger partial charge in [-0.25, -0.2) is 9.59 Å². The summed E-state index contributed by atoms with van der Waals surface area (Å²) in [6, 6.07) is -1.42. The van der Waals surface area contributed by atoms with Crippen molar-refractivity contribution in [3.63, 3.8) is 0 Å². The molecule has 0 saturated carbocycles. The van der Waals surface area contributed by atoms with Crippen LogP contribution in [0.25, 0.3) is 0 Å². The Morgan fingerprint density at radius 1 is 1.40 bits per heavy atom. The van der Waals surface area contributed by atoms with E-state index < -0.39 is 12.1 Å². The molecule has 0 heterocycles. The first-order valence-corrected chi connectivity index (χ1v) is 2.89. The Balaban J connectivity index is 3.54. The van der Waals surface area contributed by atoms with Crippen LogP contribution in [-0.2, 0) is 0 Å². The highest BCUT2D eigenvalue weighted by Gasteiger charge is 2.02. The zero-order valence-electron chi connectivity index (χ0n) is 5.97. The molecule has 0 aliphatic heterocycles.